The number of sulfone groups is 1. The molecule has 2 aromatic rings. The standard InChI is InChI=1S/C20H25N3O4S/c1-4-23(5-2)18(15-9-7-6-8-10-15)20(25)22-21-19(24)16-11-13-17(14-12-16)28(3,26)27/h6-14,18H,4-5H2,1-3H3,(H,21,24)(H,22,25). The molecule has 0 aromatic heterocycles. The highest BCUT2D eigenvalue weighted by Gasteiger charge is 2.26. The van der Waals surface area contributed by atoms with E-state index in [9.17, 15) is 18.0 Å². The zero-order chi connectivity index (χ0) is 20.7. The average molecular weight is 404 g/mol. The maximum Gasteiger partial charge on any atom is 0.269 e. The van der Waals surface area contributed by atoms with Crippen molar-refractivity contribution in [2.45, 2.75) is 24.8 Å². The minimum absolute atomic E-state index is 0.124. The number of benzene rings is 2. The Morgan fingerprint density at radius 1 is 0.929 bits per heavy atom. The fraction of sp³-hybridized carbons (Fsp3) is 0.300. The second kappa shape index (κ2) is 9.48. The molecule has 2 rings (SSSR count). The van der Waals surface area contributed by atoms with Crippen molar-refractivity contribution in [3.8, 4) is 0 Å². The fourth-order valence-corrected chi connectivity index (χ4v) is 3.49. The van der Waals surface area contributed by atoms with Crippen molar-refractivity contribution in [3.05, 3.63) is 65.7 Å². The van der Waals surface area contributed by atoms with Crippen LogP contribution in [0, 0.1) is 0 Å². The number of hydrazine groups is 1. The van der Waals surface area contributed by atoms with Crippen molar-refractivity contribution in [2.75, 3.05) is 19.3 Å². The summed E-state index contributed by atoms with van der Waals surface area (Å²) in [6.45, 7) is 5.28. The first kappa shape index (κ1) is 21.6. The van der Waals surface area contributed by atoms with Gasteiger partial charge in [-0.3, -0.25) is 25.3 Å². The van der Waals surface area contributed by atoms with Crippen LogP contribution in [0.15, 0.2) is 59.5 Å². The second-order valence-electron chi connectivity index (χ2n) is 6.27. The van der Waals surface area contributed by atoms with Crippen molar-refractivity contribution in [2.24, 2.45) is 0 Å². The van der Waals surface area contributed by atoms with Gasteiger partial charge in [-0.05, 0) is 42.9 Å². The Labute approximate surface area is 165 Å². The predicted octanol–water partition coefficient (Wildman–Crippen LogP) is 1.93. The van der Waals surface area contributed by atoms with Crippen molar-refractivity contribution in [1.82, 2.24) is 15.8 Å². The normalized spacial score (nSPS) is 12.4. The van der Waals surface area contributed by atoms with Gasteiger partial charge in [0.05, 0.1) is 4.90 Å². The van der Waals surface area contributed by atoms with Gasteiger partial charge in [0, 0.05) is 11.8 Å². The summed E-state index contributed by atoms with van der Waals surface area (Å²) >= 11 is 0. The molecule has 2 amide bonds. The Balaban J connectivity index is 2.10. The lowest BCUT2D eigenvalue weighted by molar-refractivity contribution is -0.127. The van der Waals surface area contributed by atoms with E-state index in [2.05, 4.69) is 10.9 Å². The number of likely N-dealkylation sites (N-methyl/N-ethyl adjacent to an activating group) is 1. The highest BCUT2D eigenvalue weighted by atomic mass is 32.2. The third-order valence-corrected chi connectivity index (χ3v) is 5.51. The van der Waals surface area contributed by atoms with E-state index < -0.39 is 21.8 Å². The van der Waals surface area contributed by atoms with Crippen molar-refractivity contribution in [1.29, 1.82) is 0 Å². The van der Waals surface area contributed by atoms with Gasteiger partial charge in [-0.2, -0.15) is 0 Å². The van der Waals surface area contributed by atoms with Crippen LogP contribution >= 0.6 is 0 Å². The summed E-state index contributed by atoms with van der Waals surface area (Å²) in [7, 11) is -3.34. The van der Waals surface area contributed by atoms with E-state index in [1.807, 2.05) is 49.1 Å². The van der Waals surface area contributed by atoms with E-state index in [1.165, 1.54) is 24.3 Å². The van der Waals surface area contributed by atoms with Gasteiger partial charge in [-0.1, -0.05) is 44.2 Å². The monoisotopic (exact) mass is 403 g/mol. The quantitative estimate of drug-likeness (QED) is 0.689. The van der Waals surface area contributed by atoms with Crippen molar-refractivity contribution >= 4 is 21.7 Å². The average Bonchev–Trinajstić information content (AvgIpc) is 2.70. The molecule has 8 heteroatoms. The first-order valence-electron chi connectivity index (χ1n) is 8.97. The lowest BCUT2D eigenvalue weighted by Crippen LogP contribution is -2.48. The van der Waals surface area contributed by atoms with Crippen LogP contribution in [0.1, 0.15) is 35.8 Å². The third kappa shape index (κ3) is 5.40. The van der Waals surface area contributed by atoms with Crippen LogP contribution in [0.25, 0.3) is 0 Å². The minimum atomic E-state index is -3.34. The highest BCUT2D eigenvalue weighted by Crippen LogP contribution is 2.20. The van der Waals surface area contributed by atoms with Gasteiger partial charge in [0.2, 0.25) is 0 Å². The molecule has 0 saturated heterocycles. The van der Waals surface area contributed by atoms with E-state index in [-0.39, 0.29) is 16.4 Å². The Morgan fingerprint density at radius 3 is 2.00 bits per heavy atom. The van der Waals surface area contributed by atoms with Crippen LogP contribution in [0.3, 0.4) is 0 Å². The van der Waals surface area contributed by atoms with Crippen LogP contribution in [-0.4, -0.2) is 44.5 Å². The van der Waals surface area contributed by atoms with Crippen molar-refractivity contribution in [3.63, 3.8) is 0 Å². The first-order chi connectivity index (χ1) is 13.3. The largest absolute Gasteiger partial charge is 0.289 e. The molecule has 0 saturated carbocycles. The topological polar surface area (TPSA) is 95.6 Å². The second-order valence-corrected chi connectivity index (χ2v) is 8.29. The molecule has 1 atom stereocenters. The first-order valence-corrected chi connectivity index (χ1v) is 10.9. The molecule has 0 aliphatic heterocycles. The summed E-state index contributed by atoms with van der Waals surface area (Å²) in [5.74, 6) is -0.879. The lowest BCUT2D eigenvalue weighted by Gasteiger charge is -2.29. The Kier molecular flexibility index (Phi) is 7.31. The van der Waals surface area contributed by atoms with E-state index in [0.29, 0.717) is 13.1 Å². The Hall–Kier alpha value is -2.71. The summed E-state index contributed by atoms with van der Waals surface area (Å²) in [4.78, 5) is 27.2. The van der Waals surface area contributed by atoms with Crippen LogP contribution in [-0.2, 0) is 14.6 Å². The molecule has 0 fully saturated rings. The molecule has 0 radical (unpaired) electrons. The third-order valence-electron chi connectivity index (χ3n) is 4.39. The van der Waals surface area contributed by atoms with Gasteiger partial charge >= 0.3 is 0 Å². The van der Waals surface area contributed by atoms with Gasteiger partial charge in [-0.15, -0.1) is 0 Å². The molecule has 0 aliphatic rings. The fourth-order valence-electron chi connectivity index (χ4n) is 2.86. The molecule has 2 N–H and O–H groups in total. The molecule has 150 valence electrons. The number of hydrogen-bond acceptors (Lipinski definition) is 5. The number of nitrogens with one attached hydrogen (secondary N) is 2. The number of hydrogen-bond donors (Lipinski definition) is 2. The smallest absolute Gasteiger partial charge is 0.269 e. The number of amides is 2. The molecule has 7 nitrogen and oxygen atoms in total. The molecule has 0 heterocycles. The highest BCUT2D eigenvalue weighted by molar-refractivity contribution is 7.90. The molecule has 2 aromatic carbocycles. The Morgan fingerprint density at radius 2 is 1.50 bits per heavy atom. The number of nitrogens with zero attached hydrogens (tertiary/aromatic N) is 1. The summed E-state index contributed by atoms with van der Waals surface area (Å²) in [6, 6.07) is 14.3. The van der Waals surface area contributed by atoms with Crippen molar-refractivity contribution < 1.29 is 18.0 Å². The molecular weight excluding hydrogens is 378 g/mol. The van der Waals surface area contributed by atoms with Gasteiger partial charge in [-0.25, -0.2) is 8.42 Å². The molecule has 28 heavy (non-hydrogen) atoms. The summed E-state index contributed by atoms with van der Waals surface area (Å²) in [5.41, 5.74) is 5.94. The molecule has 0 aliphatic carbocycles. The summed E-state index contributed by atoms with van der Waals surface area (Å²) < 4.78 is 23.0. The van der Waals surface area contributed by atoms with Crippen LogP contribution in [0.4, 0.5) is 0 Å². The predicted molar refractivity (Wildman–Crippen MR) is 107 cm³/mol. The zero-order valence-corrected chi connectivity index (χ0v) is 17.0. The maximum absolute atomic E-state index is 12.8. The van der Waals surface area contributed by atoms with Crippen LogP contribution in [0.2, 0.25) is 0 Å². The van der Waals surface area contributed by atoms with E-state index in [0.717, 1.165) is 11.8 Å². The van der Waals surface area contributed by atoms with Gasteiger partial charge in [0.15, 0.2) is 9.84 Å². The van der Waals surface area contributed by atoms with Gasteiger partial charge in [0.25, 0.3) is 11.8 Å². The molecule has 1 unspecified atom stereocenters. The maximum atomic E-state index is 12.8. The van der Waals surface area contributed by atoms with Crippen LogP contribution in [0.5, 0.6) is 0 Å². The zero-order valence-electron chi connectivity index (χ0n) is 16.2. The minimum Gasteiger partial charge on any atom is -0.289 e. The molecular formula is C20H25N3O4S. The van der Waals surface area contributed by atoms with Crippen LogP contribution < -0.4 is 10.9 Å². The number of rotatable bonds is 7. The van der Waals surface area contributed by atoms with Gasteiger partial charge < -0.3 is 0 Å². The summed E-state index contributed by atoms with van der Waals surface area (Å²) in [6.07, 6.45) is 1.10. The van der Waals surface area contributed by atoms with E-state index in [1.54, 1.807) is 0 Å². The molecule has 0 bridgehead atoms. The van der Waals surface area contributed by atoms with E-state index >= 15 is 0 Å². The lowest BCUT2D eigenvalue weighted by atomic mass is 10.0. The van der Waals surface area contributed by atoms with Gasteiger partial charge in [0.1, 0.15) is 6.04 Å². The summed E-state index contributed by atoms with van der Waals surface area (Å²) in [5, 5.41) is 0. The number of carbonyl (C=O) groups excluding carboxylic acids is 2. The number of carbonyl (C=O) groups is 2. The van der Waals surface area contributed by atoms with E-state index in [4.69, 9.17) is 0 Å². The molecule has 0 spiro atoms. The SMILES string of the molecule is CCN(CC)C(C(=O)NNC(=O)c1ccc(S(C)(=O)=O)cc1)c1ccccc1. The Bertz CT molecular complexity index is 908.